The molecule has 2 unspecified atom stereocenters. The average Bonchev–Trinajstić information content (AvgIpc) is 2.83. The first-order valence-electron chi connectivity index (χ1n) is 6.46. The van der Waals surface area contributed by atoms with Crippen molar-refractivity contribution < 1.29 is 4.39 Å². The quantitative estimate of drug-likeness (QED) is 0.752. The summed E-state index contributed by atoms with van der Waals surface area (Å²) in [7, 11) is 0. The molecule has 0 aliphatic heterocycles. The van der Waals surface area contributed by atoms with Crippen LogP contribution < -0.4 is 0 Å². The summed E-state index contributed by atoms with van der Waals surface area (Å²) in [4.78, 5) is 3.12. The van der Waals surface area contributed by atoms with Crippen LogP contribution in [0.15, 0.2) is 12.1 Å². The number of hydrogen-bond donors (Lipinski definition) is 1. The number of nitrogens with zero attached hydrogens (tertiary/aromatic N) is 1. The number of halogens is 1. The van der Waals surface area contributed by atoms with Crippen molar-refractivity contribution in [3.05, 3.63) is 28.3 Å². The fraction of sp³-hybridized carbons (Fsp3) is 0.500. The fourth-order valence-corrected chi connectivity index (χ4v) is 3.38. The lowest BCUT2D eigenvalue weighted by molar-refractivity contribution is 0.500. The molecule has 1 fully saturated rings. The Morgan fingerprint density at radius 2 is 2.17 bits per heavy atom. The van der Waals surface area contributed by atoms with Gasteiger partial charge in [-0.1, -0.05) is 6.92 Å². The molecule has 0 saturated heterocycles. The second kappa shape index (κ2) is 4.19. The van der Waals surface area contributed by atoms with Gasteiger partial charge in [-0.15, -0.1) is 0 Å². The number of fused-ring (bicyclic) bond motifs is 1. The lowest BCUT2D eigenvalue weighted by atomic mass is 10.1. The molecule has 4 heteroatoms. The van der Waals surface area contributed by atoms with Gasteiger partial charge in [0, 0.05) is 6.04 Å². The summed E-state index contributed by atoms with van der Waals surface area (Å²) in [6.07, 6.45) is 3.58. The Morgan fingerprint density at radius 1 is 1.39 bits per heavy atom. The average molecular weight is 264 g/mol. The minimum Gasteiger partial charge on any atom is -0.330 e. The molecule has 1 saturated carbocycles. The monoisotopic (exact) mass is 264 g/mol. The first-order chi connectivity index (χ1) is 8.56. The van der Waals surface area contributed by atoms with Crippen LogP contribution in [0.3, 0.4) is 0 Å². The van der Waals surface area contributed by atoms with E-state index in [1.54, 1.807) is 13.0 Å². The summed E-state index contributed by atoms with van der Waals surface area (Å²) in [6, 6.07) is 3.92. The van der Waals surface area contributed by atoms with Gasteiger partial charge < -0.3 is 9.55 Å². The first kappa shape index (κ1) is 11.9. The number of hydrogen-bond acceptors (Lipinski definition) is 1. The molecule has 1 heterocycles. The predicted molar refractivity (Wildman–Crippen MR) is 73.9 cm³/mol. The lowest BCUT2D eigenvalue weighted by Crippen LogP contribution is -2.05. The van der Waals surface area contributed by atoms with Crippen LogP contribution in [0.4, 0.5) is 4.39 Å². The number of imidazole rings is 1. The zero-order chi connectivity index (χ0) is 12.9. The number of rotatable bonds is 1. The molecule has 1 aromatic heterocycles. The Morgan fingerprint density at radius 3 is 2.83 bits per heavy atom. The molecule has 1 N–H and O–H groups in total. The van der Waals surface area contributed by atoms with Gasteiger partial charge in [-0.25, -0.2) is 4.39 Å². The number of aromatic amines is 1. The second-order valence-corrected chi connectivity index (χ2v) is 5.88. The molecule has 2 atom stereocenters. The number of H-pyrrole nitrogens is 1. The Balaban J connectivity index is 2.19. The molecule has 1 aromatic carbocycles. The molecule has 0 spiro atoms. The van der Waals surface area contributed by atoms with Gasteiger partial charge in [-0.05, 0) is 62.0 Å². The van der Waals surface area contributed by atoms with Crippen molar-refractivity contribution in [1.82, 2.24) is 9.55 Å². The Labute approximate surface area is 111 Å². The highest BCUT2D eigenvalue weighted by Crippen LogP contribution is 2.36. The van der Waals surface area contributed by atoms with E-state index < -0.39 is 0 Å². The van der Waals surface area contributed by atoms with Crippen LogP contribution >= 0.6 is 12.2 Å². The van der Waals surface area contributed by atoms with E-state index in [1.807, 2.05) is 6.07 Å². The van der Waals surface area contributed by atoms with Crippen LogP contribution in [0.1, 0.15) is 37.8 Å². The molecular weight excluding hydrogens is 247 g/mol. The maximum absolute atomic E-state index is 13.6. The Kier molecular flexibility index (Phi) is 2.77. The topological polar surface area (TPSA) is 20.7 Å². The molecule has 2 aromatic rings. The van der Waals surface area contributed by atoms with Gasteiger partial charge in [0.1, 0.15) is 5.82 Å². The third kappa shape index (κ3) is 1.79. The van der Waals surface area contributed by atoms with E-state index in [1.165, 1.54) is 12.8 Å². The van der Waals surface area contributed by atoms with Crippen LogP contribution in [-0.2, 0) is 0 Å². The normalized spacial score (nSPS) is 23.9. The first-order valence-corrected chi connectivity index (χ1v) is 6.87. The number of nitrogens with one attached hydrogen (secondary N) is 1. The molecule has 1 aliphatic rings. The molecule has 0 radical (unpaired) electrons. The summed E-state index contributed by atoms with van der Waals surface area (Å²) in [5.74, 6) is 0.578. The highest BCUT2D eigenvalue weighted by molar-refractivity contribution is 7.71. The van der Waals surface area contributed by atoms with Gasteiger partial charge in [0.05, 0.1) is 11.0 Å². The summed E-state index contributed by atoms with van der Waals surface area (Å²) >= 11 is 5.40. The van der Waals surface area contributed by atoms with Crippen LogP contribution in [-0.4, -0.2) is 9.55 Å². The van der Waals surface area contributed by atoms with E-state index in [9.17, 15) is 4.39 Å². The number of benzene rings is 1. The highest BCUT2D eigenvalue weighted by Gasteiger charge is 2.24. The van der Waals surface area contributed by atoms with E-state index in [4.69, 9.17) is 12.2 Å². The summed E-state index contributed by atoms with van der Waals surface area (Å²) < 4.78 is 16.5. The smallest absolute Gasteiger partial charge is 0.178 e. The maximum Gasteiger partial charge on any atom is 0.178 e. The molecule has 2 nitrogen and oxygen atoms in total. The number of aromatic nitrogens is 2. The Bertz CT molecular complexity index is 656. The van der Waals surface area contributed by atoms with Crippen molar-refractivity contribution in [3.8, 4) is 0 Å². The summed E-state index contributed by atoms with van der Waals surface area (Å²) in [5.41, 5.74) is 2.52. The maximum atomic E-state index is 13.6. The lowest BCUT2D eigenvalue weighted by Gasteiger charge is -2.13. The number of aryl methyl sites for hydroxylation is 1. The minimum absolute atomic E-state index is 0.175. The molecular formula is C14H17FN2S. The van der Waals surface area contributed by atoms with Crippen molar-refractivity contribution >= 4 is 23.3 Å². The van der Waals surface area contributed by atoms with Gasteiger partial charge in [0.15, 0.2) is 4.77 Å². The van der Waals surface area contributed by atoms with Crippen molar-refractivity contribution in [2.75, 3.05) is 0 Å². The van der Waals surface area contributed by atoms with Gasteiger partial charge >= 0.3 is 0 Å². The third-order valence-corrected chi connectivity index (χ3v) is 4.33. The third-order valence-electron chi connectivity index (χ3n) is 4.03. The van der Waals surface area contributed by atoms with E-state index in [0.29, 0.717) is 16.4 Å². The van der Waals surface area contributed by atoms with Crippen LogP contribution in [0.25, 0.3) is 11.0 Å². The SMILES string of the molecule is Cc1cc2c(cc1F)[nH]c(=S)n2C1CCC(C)C1. The second-order valence-electron chi connectivity index (χ2n) is 5.49. The molecule has 0 amide bonds. The zero-order valence-electron chi connectivity index (χ0n) is 10.7. The molecule has 1 aliphatic carbocycles. The predicted octanol–water partition coefficient (Wildman–Crippen LogP) is 4.51. The minimum atomic E-state index is -0.175. The molecule has 0 bridgehead atoms. The van der Waals surface area contributed by atoms with Crippen LogP contribution in [0.5, 0.6) is 0 Å². The Hall–Kier alpha value is -1.16. The van der Waals surface area contributed by atoms with E-state index in [-0.39, 0.29) is 5.82 Å². The van der Waals surface area contributed by atoms with E-state index in [2.05, 4.69) is 16.5 Å². The standard InChI is InChI=1S/C14H17FN2S/c1-8-3-4-10(5-8)17-13-6-9(2)11(15)7-12(13)16-14(17)18/h6-8,10H,3-5H2,1-2H3,(H,16,18). The molecule has 18 heavy (non-hydrogen) atoms. The summed E-state index contributed by atoms with van der Waals surface area (Å²) in [6.45, 7) is 4.08. The van der Waals surface area contributed by atoms with Gasteiger partial charge in [0.25, 0.3) is 0 Å². The van der Waals surface area contributed by atoms with Crippen molar-refractivity contribution in [1.29, 1.82) is 0 Å². The van der Waals surface area contributed by atoms with Gasteiger partial charge in [0.2, 0.25) is 0 Å². The summed E-state index contributed by atoms with van der Waals surface area (Å²) in [5, 5.41) is 0. The molecule has 96 valence electrons. The van der Waals surface area contributed by atoms with Crippen molar-refractivity contribution in [2.45, 2.75) is 39.2 Å². The van der Waals surface area contributed by atoms with E-state index in [0.717, 1.165) is 23.4 Å². The van der Waals surface area contributed by atoms with E-state index >= 15 is 0 Å². The van der Waals surface area contributed by atoms with Gasteiger partial charge in [-0.3, -0.25) is 0 Å². The highest BCUT2D eigenvalue weighted by atomic mass is 32.1. The van der Waals surface area contributed by atoms with Crippen molar-refractivity contribution in [3.63, 3.8) is 0 Å². The van der Waals surface area contributed by atoms with Gasteiger partial charge in [-0.2, -0.15) is 0 Å². The van der Waals surface area contributed by atoms with Crippen LogP contribution in [0, 0.1) is 23.4 Å². The van der Waals surface area contributed by atoms with Crippen LogP contribution in [0.2, 0.25) is 0 Å². The van der Waals surface area contributed by atoms with Crippen molar-refractivity contribution in [2.24, 2.45) is 5.92 Å². The zero-order valence-corrected chi connectivity index (χ0v) is 11.5. The fourth-order valence-electron chi connectivity index (χ4n) is 3.02. The largest absolute Gasteiger partial charge is 0.330 e. The molecule has 3 rings (SSSR count).